The van der Waals surface area contributed by atoms with E-state index in [0.717, 1.165) is 7.11 Å². The number of hydrogen-bond donors (Lipinski definition) is 2. The van der Waals surface area contributed by atoms with Gasteiger partial charge in [0, 0.05) is 25.6 Å². The quantitative estimate of drug-likeness (QED) is 0.514. The summed E-state index contributed by atoms with van der Waals surface area (Å²) in [5, 5.41) is 5.31. The number of anilines is 1. The number of nitrogens with one attached hydrogen (secondary N) is 2. The summed E-state index contributed by atoms with van der Waals surface area (Å²) in [5.74, 6) is -1.73. The Balaban J connectivity index is 1.95. The maximum atomic E-state index is 13.0. The van der Waals surface area contributed by atoms with Gasteiger partial charge in [0.25, 0.3) is 5.91 Å². The number of amides is 2. The van der Waals surface area contributed by atoms with Gasteiger partial charge in [-0.05, 0) is 12.1 Å². The van der Waals surface area contributed by atoms with Crippen LogP contribution in [0.2, 0.25) is 0 Å². The summed E-state index contributed by atoms with van der Waals surface area (Å²) in [5.41, 5.74) is -0.125. The lowest BCUT2D eigenvalue weighted by Crippen LogP contribution is -2.57. The standard InChI is InChI=1S/C19H21N3O7/c1-27-10-4-5-14(28-2)11(8-10)21-17(24)12-9-13(23)15(19(26)29-3)16-18(25)20-6-7-22(12)16/h4-5,8,12H,6-7,9H2,1-3H3,(H,20,25)(H,21,24). The van der Waals surface area contributed by atoms with Gasteiger partial charge < -0.3 is 29.7 Å². The second-order valence-corrected chi connectivity index (χ2v) is 6.36. The Morgan fingerprint density at radius 1 is 1.17 bits per heavy atom. The fourth-order valence-corrected chi connectivity index (χ4v) is 3.38. The van der Waals surface area contributed by atoms with Gasteiger partial charge in [-0.25, -0.2) is 4.79 Å². The lowest BCUT2D eigenvalue weighted by molar-refractivity contribution is -0.141. The van der Waals surface area contributed by atoms with Crippen LogP contribution in [0.1, 0.15) is 6.42 Å². The molecule has 2 heterocycles. The van der Waals surface area contributed by atoms with E-state index in [1.807, 2.05) is 0 Å². The Bertz CT molecular complexity index is 909. The highest BCUT2D eigenvalue weighted by atomic mass is 16.5. The first-order valence-corrected chi connectivity index (χ1v) is 8.84. The van der Waals surface area contributed by atoms with E-state index in [2.05, 4.69) is 15.4 Å². The van der Waals surface area contributed by atoms with E-state index in [1.165, 1.54) is 19.1 Å². The lowest BCUT2D eigenvalue weighted by atomic mass is 9.92. The molecule has 0 saturated carbocycles. The van der Waals surface area contributed by atoms with Crippen molar-refractivity contribution >= 4 is 29.3 Å². The summed E-state index contributed by atoms with van der Waals surface area (Å²) in [7, 11) is 4.08. The van der Waals surface area contributed by atoms with Gasteiger partial charge in [0.15, 0.2) is 5.78 Å². The molecule has 2 amide bonds. The first kappa shape index (κ1) is 20.2. The van der Waals surface area contributed by atoms with Gasteiger partial charge >= 0.3 is 5.97 Å². The van der Waals surface area contributed by atoms with Gasteiger partial charge in [0.1, 0.15) is 28.8 Å². The van der Waals surface area contributed by atoms with Crippen LogP contribution in [-0.2, 0) is 23.9 Å². The highest BCUT2D eigenvalue weighted by Crippen LogP contribution is 2.32. The topological polar surface area (TPSA) is 123 Å². The number of ketones is 1. The largest absolute Gasteiger partial charge is 0.497 e. The fraction of sp³-hybridized carbons (Fsp3) is 0.368. The highest BCUT2D eigenvalue weighted by Gasteiger charge is 2.44. The molecule has 154 valence electrons. The van der Waals surface area contributed by atoms with Gasteiger partial charge in [0.05, 0.1) is 27.0 Å². The van der Waals surface area contributed by atoms with Gasteiger partial charge in [0.2, 0.25) is 5.91 Å². The highest BCUT2D eigenvalue weighted by molar-refractivity contribution is 6.24. The second-order valence-electron chi connectivity index (χ2n) is 6.36. The average Bonchev–Trinajstić information content (AvgIpc) is 2.73. The monoisotopic (exact) mass is 403 g/mol. The smallest absolute Gasteiger partial charge is 0.343 e. The number of methoxy groups -OCH3 is 3. The Labute approximate surface area is 166 Å². The van der Waals surface area contributed by atoms with Crippen LogP contribution in [0.15, 0.2) is 29.5 Å². The van der Waals surface area contributed by atoms with Crippen LogP contribution in [-0.4, -0.2) is 68.9 Å². The van der Waals surface area contributed by atoms with Crippen molar-refractivity contribution in [3.63, 3.8) is 0 Å². The van der Waals surface area contributed by atoms with Crippen LogP contribution in [0, 0.1) is 0 Å². The predicted molar refractivity (Wildman–Crippen MR) is 100 cm³/mol. The number of carbonyl (C=O) groups is 4. The molecule has 1 fully saturated rings. The molecule has 2 aliphatic rings. The number of hydrogen-bond acceptors (Lipinski definition) is 8. The molecule has 0 spiro atoms. The van der Waals surface area contributed by atoms with Crippen LogP contribution in [0.3, 0.4) is 0 Å². The molecule has 1 saturated heterocycles. The molecule has 10 heteroatoms. The summed E-state index contributed by atoms with van der Waals surface area (Å²) >= 11 is 0. The second kappa shape index (κ2) is 8.21. The van der Waals surface area contributed by atoms with Crippen LogP contribution in [0.5, 0.6) is 11.5 Å². The third-order valence-corrected chi connectivity index (χ3v) is 4.77. The summed E-state index contributed by atoms with van der Waals surface area (Å²) in [4.78, 5) is 51.5. The number of ether oxygens (including phenoxy) is 3. The number of rotatable bonds is 5. The van der Waals surface area contributed by atoms with Crippen LogP contribution < -0.4 is 20.1 Å². The zero-order chi connectivity index (χ0) is 21.1. The predicted octanol–water partition coefficient (Wildman–Crippen LogP) is -0.157. The lowest BCUT2D eigenvalue weighted by Gasteiger charge is -2.40. The fourth-order valence-electron chi connectivity index (χ4n) is 3.38. The summed E-state index contributed by atoms with van der Waals surface area (Å²) in [6.07, 6.45) is -0.265. The van der Waals surface area contributed by atoms with Crippen molar-refractivity contribution in [2.45, 2.75) is 12.5 Å². The van der Waals surface area contributed by atoms with Gasteiger partial charge in [-0.15, -0.1) is 0 Å². The van der Waals surface area contributed by atoms with Gasteiger partial charge in [-0.2, -0.15) is 0 Å². The number of Topliss-reactive ketones (excluding diaryl/α,β-unsaturated/α-hetero) is 1. The minimum Gasteiger partial charge on any atom is -0.497 e. The van der Waals surface area contributed by atoms with E-state index in [-0.39, 0.29) is 30.8 Å². The molecular formula is C19H21N3O7. The molecule has 2 aliphatic heterocycles. The number of fused-ring (bicyclic) bond motifs is 1. The average molecular weight is 403 g/mol. The third kappa shape index (κ3) is 3.73. The first-order chi connectivity index (χ1) is 13.9. The molecule has 0 aromatic heterocycles. The first-order valence-electron chi connectivity index (χ1n) is 8.84. The van der Waals surface area contributed by atoms with E-state index in [4.69, 9.17) is 9.47 Å². The normalized spacial score (nSPS) is 18.6. The summed E-state index contributed by atoms with van der Waals surface area (Å²) in [6, 6.07) is 3.93. The zero-order valence-corrected chi connectivity index (χ0v) is 16.2. The Morgan fingerprint density at radius 2 is 1.93 bits per heavy atom. The van der Waals surface area contributed by atoms with Crippen molar-refractivity contribution in [2.75, 3.05) is 39.7 Å². The SMILES string of the molecule is COC(=O)C1=C2C(=O)NCCN2C(C(=O)Nc2cc(OC)ccc2OC)CC1=O. The molecule has 0 bridgehead atoms. The molecule has 1 aromatic rings. The maximum absolute atomic E-state index is 13.0. The molecule has 10 nitrogen and oxygen atoms in total. The molecule has 0 radical (unpaired) electrons. The van der Waals surface area contributed by atoms with E-state index in [1.54, 1.807) is 18.2 Å². The van der Waals surface area contributed by atoms with E-state index >= 15 is 0 Å². The van der Waals surface area contributed by atoms with Crippen molar-refractivity contribution in [3.05, 3.63) is 29.5 Å². The minimum absolute atomic E-state index is 0.142. The zero-order valence-electron chi connectivity index (χ0n) is 16.2. The van der Waals surface area contributed by atoms with Gasteiger partial charge in [-0.1, -0.05) is 0 Å². The summed E-state index contributed by atoms with van der Waals surface area (Å²) < 4.78 is 15.1. The number of esters is 1. The van der Waals surface area contributed by atoms with Crippen molar-refractivity contribution < 1.29 is 33.4 Å². The molecule has 29 heavy (non-hydrogen) atoms. The van der Waals surface area contributed by atoms with Crippen molar-refractivity contribution in [3.8, 4) is 11.5 Å². The van der Waals surface area contributed by atoms with Gasteiger partial charge in [-0.3, -0.25) is 14.4 Å². The van der Waals surface area contributed by atoms with Crippen LogP contribution >= 0.6 is 0 Å². The number of carbonyl (C=O) groups excluding carboxylic acids is 4. The van der Waals surface area contributed by atoms with Crippen molar-refractivity contribution in [1.29, 1.82) is 0 Å². The number of nitrogens with zero attached hydrogens (tertiary/aromatic N) is 1. The van der Waals surface area contributed by atoms with Crippen molar-refractivity contribution in [1.82, 2.24) is 10.2 Å². The van der Waals surface area contributed by atoms with Crippen LogP contribution in [0.25, 0.3) is 0 Å². The minimum atomic E-state index is -0.965. The molecule has 3 rings (SSSR count). The molecule has 2 N–H and O–H groups in total. The molecule has 0 aliphatic carbocycles. The molecule has 1 atom stereocenters. The van der Waals surface area contributed by atoms with E-state index < -0.39 is 29.6 Å². The Morgan fingerprint density at radius 3 is 2.59 bits per heavy atom. The summed E-state index contributed by atoms with van der Waals surface area (Å²) in [6.45, 7) is 0.541. The maximum Gasteiger partial charge on any atom is 0.343 e. The number of benzene rings is 1. The van der Waals surface area contributed by atoms with E-state index in [9.17, 15) is 19.2 Å². The Hall–Kier alpha value is -3.56. The molecule has 1 aromatic carbocycles. The number of piperazine rings is 1. The molecular weight excluding hydrogens is 382 g/mol. The third-order valence-electron chi connectivity index (χ3n) is 4.77. The van der Waals surface area contributed by atoms with Crippen LogP contribution in [0.4, 0.5) is 5.69 Å². The molecule has 1 unspecified atom stereocenters. The Kier molecular flexibility index (Phi) is 5.71. The van der Waals surface area contributed by atoms with E-state index in [0.29, 0.717) is 17.2 Å². The van der Waals surface area contributed by atoms with Crippen molar-refractivity contribution in [2.24, 2.45) is 0 Å².